The minimum absolute atomic E-state index is 0.299. The quantitative estimate of drug-likeness (QED) is 0.257. The van der Waals surface area contributed by atoms with Crippen LogP contribution in [0.1, 0.15) is 115 Å². The molecule has 0 amide bonds. The van der Waals surface area contributed by atoms with E-state index in [-0.39, 0.29) is 6.10 Å². The summed E-state index contributed by atoms with van der Waals surface area (Å²) in [6.45, 7) is 2.29. The van der Waals surface area contributed by atoms with Gasteiger partial charge in [0.2, 0.25) is 0 Å². The molecule has 0 heterocycles. The number of aliphatic hydroxyl groups is 1. The molecule has 0 aliphatic heterocycles. The van der Waals surface area contributed by atoms with E-state index in [1.807, 2.05) is 30.4 Å². The van der Waals surface area contributed by atoms with Gasteiger partial charge in [-0.15, -0.1) is 0 Å². The van der Waals surface area contributed by atoms with Crippen molar-refractivity contribution in [1.82, 2.24) is 0 Å². The lowest BCUT2D eigenvalue weighted by Crippen LogP contribution is -2.01. The van der Waals surface area contributed by atoms with Gasteiger partial charge in [0.1, 0.15) is 0 Å². The first-order valence-electron chi connectivity index (χ1n) is 11.7. The summed E-state index contributed by atoms with van der Waals surface area (Å²) in [6.07, 6.45) is 25.3. The molecule has 0 spiro atoms. The molecule has 0 bridgehead atoms. The van der Waals surface area contributed by atoms with Gasteiger partial charge < -0.3 is 5.11 Å². The molecule has 0 saturated heterocycles. The van der Waals surface area contributed by atoms with Crippen LogP contribution in [-0.4, -0.2) is 11.2 Å². The Morgan fingerprint density at radius 2 is 1.11 bits per heavy atom. The van der Waals surface area contributed by atoms with Crippen LogP contribution in [0.2, 0.25) is 0 Å². The van der Waals surface area contributed by atoms with E-state index in [1.165, 1.54) is 89.9 Å². The molecule has 1 unspecified atom stereocenters. The van der Waals surface area contributed by atoms with Gasteiger partial charge in [-0.25, -0.2) is 0 Å². The van der Waals surface area contributed by atoms with Crippen LogP contribution >= 0.6 is 0 Å². The molecule has 1 aromatic rings. The van der Waals surface area contributed by atoms with Gasteiger partial charge in [-0.3, -0.25) is 0 Å². The SMILES string of the molecule is CCCCCCCCCCCCCCCCCC(O)/C=C/c1ccccc1. The van der Waals surface area contributed by atoms with Gasteiger partial charge in [0.25, 0.3) is 0 Å². The summed E-state index contributed by atoms with van der Waals surface area (Å²) < 4.78 is 0. The van der Waals surface area contributed by atoms with Crippen LogP contribution in [0.4, 0.5) is 0 Å². The van der Waals surface area contributed by atoms with Gasteiger partial charge in [0, 0.05) is 0 Å². The molecule has 0 aliphatic rings. The van der Waals surface area contributed by atoms with Crippen molar-refractivity contribution in [1.29, 1.82) is 0 Å². The molecule has 0 aromatic heterocycles. The van der Waals surface area contributed by atoms with Crippen molar-refractivity contribution in [3.8, 4) is 0 Å². The Hall–Kier alpha value is -1.08. The van der Waals surface area contributed by atoms with Crippen LogP contribution in [0.15, 0.2) is 36.4 Å². The number of rotatable bonds is 18. The Morgan fingerprint density at radius 1 is 0.667 bits per heavy atom. The molecule has 1 aromatic carbocycles. The third kappa shape index (κ3) is 15.7. The van der Waals surface area contributed by atoms with Gasteiger partial charge >= 0.3 is 0 Å². The average molecular weight is 373 g/mol. The highest BCUT2D eigenvalue weighted by Crippen LogP contribution is 2.14. The molecular weight excluding hydrogens is 328 g/mol. The topological polar surface area (TPSA) is 20.2 Å². The summed E-state index contributed by atoms with van der Waals surface area (Å²) >= 11 is 0. The van der Waals surface area contributed by atoms with E-state index in [1.54, 1.807) is 0 Å². The lowest BCUT2D eigenvalue weighted by Gasteiger charge is -2.06. The third-order valence-electron chi connectivity index (χ3n) is 5.41. The lowest BCUT2D eigenvalue weighted by atomic mass is 10.0. The molecule has 27 heavy (non-hydrogen) atoms. The maximum Gasteiger partial charge on any atom is 0.0724 e. The fraction of sp³-hybridized carbons (Fsp3) is 0.692. The lowest BCUT2D eigenvalue weighted by molar-refractivity contribution is 0.208. The molecule has 1 rings (SSSR count). The first-order chi connectivity index (χ1) is 13.3. The maximum atomic E-state index is 10.0. The van der Waals surface area contributed by atoms with Gasteiger partial charge in [-0.2, -0.15) is 0 Å². The average Bonchev–Trinajstić information content (AvgIpc) is 2.70. The van der Waals surface area contributed by atoms with E-state index in [2.05, 4.69) is 19.1 Å². The van der Waals surface area contributed by atoms with Crippen molar-refractivity contribution in [3.05, 3.63) is 42.0 Å². The van der Waals surface area contributed by atoms with Crippen molar-refractivity contribution in [2.45, 2.75) is 116 Å². The van der Waals surface area contributed by atoms with Crippen molar-refractivity contribution in [3.63, 3.8) is 0 Å². The maximum absolute atomic E-state index is 10.0. The first kappa shape index (κ1) is 24.0. The number of unbranched alkanes of at least 4 members (excludes halogenated alkanes) is 14. The normalized spacial score (nSPS) is 12.7. The van der Waals surface area contributed by atoms with Crippen LogP contribution in [0.25, 0.3) is 6.08 Å². The highest BCUT2D eigenvalue weighted by molar-refractivity contribution is 5.49. The summed E-state index contributed by atoms with van der Waals surface area (Å²) in [5, 5.41) is 10.0. The van der Waals surface area contributed by atoms with Crippen LogP contribution < -0.4 is 0 Å². The van der Waals surface area contributed by atoms with Gasteiger partial charge in [-0.05, 0) is 12.0 Å². The van der Waals surface area contributed by atoms with Crippen LogP contribution in [-0.2, 0) is 0 Å². The second-order valence-electron chi connectivity index (χ2n) is 8.08. The zero-order chi connectivity index (χ0) is 19.4. The number of hydrogen-bond donors (Lipinski definition) is 1. The predicted octanol–water partition coefficient (Wildman–Crippen LogP) is 8.32. The molecular formula is C26H44O. The van der Waals surface area contributed by atoms with Crippen molar-refractivity contribution < 1.29 is 5.11 Å². The van der Waals surface area contributed by atoms with Crippen LogP contribution in [0.3, 0.4) is 0 Å². The Morgan fingerprint density at radius 3 is 1.59 bits per heavy atom. The molecule has 1 atom stereocenters. The summed E-state index contributed by atoms with van der Waals surface area (Å²) in [7, 11) is 0. The van der Waals surface area contributed by atoms with E-state index in [0.717, 1.165) is 18.4 Å². The zero-order valence-electron chi connectivity index (χ0n) is 17.9. The van der Waals surface area contributed by atoms with Crippen molar-refractivity contribution in [2.24, 2.45) is 0 Å². The van der Waals surface area contributed by atoms with Crippen molar-refractivity contribution >= 4 is 6.08 Å². The van der Waals surface area contributed by atoms with E-state index < -0.39 is 0 Å². The summed E-state index contributed by atoms with van der Waals surface area (Å²) in [5.41, 5.74) is 1.16. The van der Waals surface area contributed by atoms with Crippen LogP contribution in [0, 0.1) is 0 Å². The highest BCUT2D eigenvalue weighted by Gasteiger charge is 1.99. The molecule has 0 aliphatic carbocycles. The molecule has 1 nitrogen and oxygen atoms in total. The fourth-order valence-electron chi connectivity index (χ4n) is 3.61. The minimum atomic E-state index is -0.299. The molecule has 0 fully saturated rings. The summed E-state index contributed by atoms with van der Waals surface area (Å²) in [4.78, 5) is 0. The summed E-state index contributed by atoms with van der Waals surface area (Å²) in [6, 6.07) is 10.2. The number of aliphatic hydroxyl groups excluding tert-OH is 1. The molecule has 154 valence electrons. The Labute approximate surface area is 169 Å². The standard InChI is InChI=1S/C26H44O/c1-2-3-4-5-6-7-8-9-10-11-12-13-14-15-19-22-26(27)24-23-25-20-17-16-18-21-25/h16-18,20-21,23-24,26-27H,2-15,19,22H2,1H3/b24-23+. The smallest absolute Gasteiger partial charge is 0.0724 e. The molecule has 0 radical (unpaired) electrons. The van der Waals surface area contributed by atoms with E-state index in [9.17, 15) is 5.11 Å². The Kier molecular flexibility index (Phi) is 16.2. The fourth-order valence-corrected chi connectivity index (χ4v) is 3.61. The molecule has 1 N–H and O–H groups in total. The van der Waals surface area contributed by atoms with Gasteiger partial charge in [-0.1, -0.05) is 146 Å². The number of hydrogen-bond acceptors (Lipinski definition) is 1. The molecule has 1 heteroatoms. The minimum Gasteiger partial charge on any atom is -0.389 e. The van der Waals surface area contributed by atoms with Gasteiger partial charge in [0.15, 0.2) is 0 Å². The third-order valence-corrected chi connectivity index (χ3v) is 5.41. The van der Waals surface area contributed by atoms with E-state index in [4.69, 9.17) is 0 Å². The number of benzene rings is 1. The Balaban J connectivity index is 1.80. The Bertz CT molecular complexity index is 437. The zero-order valence-corrected chi connectivity index (χ0v) is 17.9. The highest BCUT2D eigenvalue weighted by atomic mass is 16.3. The summed E-state index contributed by atoms with van der Waals surface area (Å²) in [5.74, 6) is 0. The van der Waals surface area contributed by atoms with E-state index in [0.29, 0.717) is 0 Å². The van der Waals surface area contributed by atoms with Crippen molar-refractivity contribution in [2.75, 3.05) is 0 Å². The second-order valence-corrected chi connectivity index (χ2v) is 8.08. The van der Waals surface area contributed by atoms with Gasteiger partial charge in [0.05, 0.1) is 6.10 Å². The molecule has 0 saturated carbocycles. The second kappa shape index (κ2) is 18.3. The predicted molar refractivity (Wildman–Crippen MR) is 121 cm³/mol. The first-order valence-corrected chi connectivity index (χ1v) is 11.7. The van der Waals surface area contributed by atoms with Crippen LogP contribution in [0.5, 0.6) is 0 Å². The monoisotopic (exact) mass is 372 g/mol. The van der Waals surface area contributed by atoms with E-state index >= 15 is 0 Å². The largest absolute Gasteiger partial charge is 0.389 e.